The Morgan fingerprint density at radius 2 is 1.80 bits per heavy atom. The smallest absolute Gasteiger partial charge is 0.255 e. The van der Waals surface area contributed by atoms with E-state index in [1.165, 1.54) is 14.2 Å². The van der Waals surface area contributed by atoms with E-state index in [1.807, 2.05) is 0 Å². The maximum Gasteiger partial charge on any atom is 0.255 e. The number of carbonyl (C=O) groups excluding carboxylic acids is 1. The van der Waals surface area contributed by atoms with Crippen LogP contribution < -0.4 is 14.8 Å². The highest BCUT2D eigenvalue weighted by molar-refractivity contribution is 6.34. The van der Waals surface area contributed by atoms with Gasteiger partial charge in [0.25, 0.3) is 5.91 Å². The van der Waals surface area contributed by atoms with Gasteiger partial charge in [-0.2, -0.15) is 5.26 Å². The molecule has 1 N–H and O–H groups in total. The number of methoxy groups -OCH3 is 2. The van der Waals surface area contributed by atoms with Crippen LogP contribution in [0.1, 0.15) is 29.8 Å². The fourth-order valence-corrected chi connectivity index (χ4v) is 2.47. The van der Waals surface area contributed by atoms with E-state index in [1.54, 1.807) is 50.2 Å². The Kier molecular flexibility index (Phi) is 5.55. The van der Waals surface area contributed by atoms with E-state index < -0.39 is 5.41 Å². The lowest BCUT2D eigenvalue weighted by molar-refractivity contribution is 0.102. The van der Waals surface area contributed by atoms with Crippen molar-refractivity contribution in [3.05, 3.63) is 52.5 Å². The Hall–Kier alpha value is -2.71. The van der Waals surface area contributed by atoms with E-state index in [9.17, 15) is 10.1 Å². The molecule has 6 heteroatoms. The first-order valence-corrected chi connectivity index (χ1v) is 7.95. The summed E-state index contributed by atoms with van der Waals surface area (Å²) in [7, 11) is 3.04. The molecule has 130 valence electrons. The van der Waals surface area contributed by atoms with Gasteiger partial charge in [-0.25, -0.2) is 0 Å². The number of hydrogen-bond donors (Lipinski definition) is 1. The number of carbonyl (C=O) groups is 1. The predicted molar refractivity (Wildman–Crippen MR) is 97.6 cm³/mol. The molecule has 0 fully saturated rings. The number of nitrogens with zero attached hydrogens (tertiary/aromatic N) is 1. The van der Waals surface area contributed by atoms with Crippen LogP contribution in [0.3, 0.4) is 0 Å². The summed E-state index contributed by atoms with van der Waals surface area (Å²) in [6.07, 6.45) is 0. The van der Waals surface area contributed by atoms with Crippen LogP contribution >= 0.6 is 11.6 Å². The zero-order valence-corrected chi connectivity index (χ0v) is 15.3. The fraction of sp³-hybridized carbons (Fsp3) is 0.263. The molecule has 0 bridgehead atoms. The molecule has 0 atom stereocenters. The van der Waals surface area contributed by atoms with E-state index in [4.69, 9.17) is 21.1 Å². The second-order valence-electron chi connectivity index (χ2n) is 5.96. The number of anilines is 1. The van der Waals surface area contributed by atoms with E-state index in [0.29, 0.717) is 27.8 Å². The minimum atomic E-state index is -0.657. The molecule has 0 aromatic heterocycles. The average molecular weight is 359 g/mol. The molecule has 0 aliphatic heterocycles. The fourth-order valence-electron chi connectivity index (χ4n) is 2.24. The van der Waals surface area contributed by atoms with Crippen LogP contribution in [0.25, 0.3) is 0 Å². The quantitative estimate of drug-likeness (QED) is 0.859. The lowest BCUT2D eigenvalue weighted by Crippen LogP contribution is -2.15. The molecule has 1 amide bonds. The highest BCUT2D eigenvalue weighted by Crippen LogP contribution is 2.31. The topological polar surface area (TPSA) is 71.3 Å². The number of amides is 1. The lowest BCUT2D eigenvalue weighted by Gasteiger charge is -2.17. The van der Waals surface area contributed by atoms with Gasteiger partial charge >= 0.3 is 0 Å². The third-order valence-corrected chi connectivity index (χ3v) is 4.18. The summed E-state index contributed by atoms with van der Waals surface area (Å²) in [5.41, 5.74) is 1.01. The van der Waals surface area contributed by atoms with E-state index in [-0.39, 0.29) is 5.91 Å². The van der Waals surface area contributed by atoms with Gasteiger partial charge < -0.3 is 14.8 Å². The Labute approximate surface area is 152 Å². The highest BCUT2D eigenvalue weighted by Gasteiger charge is 2.21. The third-order valence-electron chi connectivity index (χ3n) is 3.86. The number of hydrogen-bond acceptors (Lipinski definition) is 4. The molecule has 0 spiro atoms. The normalized spacial score (nSPS) is 10.7. The summed E-state index contributed by atoms with van der Waals surface area (Å²) < 4.78 is 10.4. The van der Waals surface area contributed by atoms with Gasteiger partial charge in [0, 0.05) is 5.56 Å². The van der Waals surface area contributed by atoms with Crippen molar-refractivity contribution in [1.82, 2.24) is 0 Å². The van der Waals surface area contributed by atoms with E-state index in [0.717, 1.165) is 5.56 Å². The first kappa shape index (κ1) is 18.6. The van der Waals surface area contributed by atoms with Crippen molar-refractivity contribution in [2.75, 3.05) is 19.5 Å². The zero-order valence-electron chi connectivity index (χ0n) is 14.5. The summed E-state index contributed by atoms with van der Waals surface area (Å²) in [6, 6.07) is 12.3. The van der Waals surface area contributed by atoms with Crippen molar-refractivity contribution in [2.45, 2.75) is 19.3 Å². The van der Waals surface area contributed by atoms with E-state index in [2.05, 4.69) is 11.4 Å². The molecule has 0 aliphatic rings. The maximum absolute atomic E-state index is 12.5. The summed E-state index contributed by atoms with van der Waals surface area (Å²) in [5, 5.41) is 12.3. The molecule has 2 rings (SSSR count). The predicted octanol–water partition coefficient (Wildman–Crippen LogP) is 4.41. The summed E-state index contributed by atoms with van der Waals surface area (Å²) in [5.74, 6) is 0.683. The third kappa shape index (κ3) is 4.04. The van der Waals surface area contributed by atoms with Crippen LogP contribution in [0.15, 0.2) is 36.4 Å². The zero-order chi connectivity index (χ0) is 18.6. The number of ether oxygens (including phenoxy) is 2. The second-order valence-corrected chi connectivity index (χ2v) is 6.36. The lowest BCUT2D eigenvalue weighted by atomic mass is 9.86. The van der Waals surface area contributed by atoms with Crippen LogP contribution in [-0.2, 0) is 5.41 Å². The summed E-state index contributed by atoms with van der Waals surface area (Å²) in [6.45, 7) is 3.61. The molecular formula is C19H19ClN2O3. The Bertz CT molecular complexity index is 841. The van der Waals surface area contributed by atoms with Crippen molar-refractivity contribution in [3.8, 4) is 17.6 Å². The molecule has 2 aromatic carbocycles. The molecule has 25 heavy (non-hydrogen) atoms. The minimum absolute atomic E-state index is 0.324. The molecule has 2 aromatic rings. The van der Waals surface area contributed by atoms with Gasteiger partial charge in [0.05, 0.1) is 36.4 Å². The SMILES string of the molecule is COc1ccc(C(=O)Nc2ccc(C(C)(C)C#N)cc2Cl)cc1OC. The Balaban J connectivity index is 2.25. The minimum Gasteiger partial charge on any atom is -0.493 e. The van der Waals surface area contributed by atoms with Gasteiger partial charge in [-0.3, -0.25) is 4.79 Å². The van der Waals surface area contributed by atoms with Crippen molar-refractivity contribution in [3.63, 3.8) is 0 Å². The summed E-state index contributed by atoms with van der Waals surface area (Å²) >= 11 is 6.26. The Morgan fingerprint density at radius 1 is 1.12 bits per heavy atom. The molecule has 0 saturated carbocycles. The number of benzene rings is 2. The maximum atomic E-state index is 12.5. The molecular weight excluding hydrogens is 340 g/mol. The Morgan fingerprint density at radius 3 is 2.36 bits per heavy atom. The van der Waals surface area contributed by atoms with Crippen molar-refractivity contribution in [1.29, 1.82) is 5.26 Å². The number of nitrogens with one attached hydrogen (secondary N) is 1. The molecule has 0 aliphatic carbocycles. The number of halogens is 1. The van der Waals surface area contributed by atoms with Gasteiger partial charge in [0.15, 0.2) is 11.5 Å². The van der Waals surface area contributed by atoms with Gasteiger partial charge in [0.1, 0.15) is 0 Å². The van der Waals surface area contributed by atoms with Gasteiger partial charge in [0.2, 0.25) is 0 Å². The van der Waals surface area contributed by atoms with Crippen LogP contribution in [0.5, 0.6) is 11.5 Å². The summed E-state index contributed by atoms with van der Waals surface area (Å²) in [4.78, 5) is 12.5. The van der Waals surface area contributed by atoms with Gasteiger partial charge in [-0.15, -0.1) is 0 Å². The van der Waals surface area contributed by atoms with Crippen LogP contribution in [0.2, 0.25) is 5.02 Å². The first-order valence-electron chi connectivity index (χ1n) is 7.57. The first-order chi connectivity index (χ1) is 11.8. The van der Waals surface area contributed by atoms with E-state index >= 15 is 0 Å². The highest BCUT2D eigenvalue weighted by atomic mass is 35.5. The average Bonchev–Trinajstić information content (AvgIpc) is 2.62. The second kappa shape index (κ2) is 7.45. The molecule has 0 heterocycles. The van der Waals surface area contributed by atoms with Crippen LogP contribution in [-0.4, -0.2) is 20.1 Å². The van der Waals surface area contributed by atoms with Crippen molar-refractivity contribution < 1.29 is 14.3 Å². The monoisotopic (exact) mass is 358 g/mol. The van der Waals surface area contributed by atoms with Crippen molar-refractivity contribution in [2.24, 2.45) is 0 Å². The largest absolute Gasteiger partial charge is 0.493 e. The molecule has 0 radical (unpaired) electrons. The van der Waals surface area contributed by atoms with Gasteiger partial charge in [-0.05, 0) is 49.7 Å². The van der Waals surface area contributed by atoms with Gasteiger partial charge in [-0.1, -0.05) is 17.7 Å². The van der Waals surface area contributed by atoms with Crippen LogP contribution in [0, 0.1) is 11.3 Å². The standard InChI is InChI=1S/C19H19ClN2O3/c1-19(2,11-21)13-6-7-15(14(20)10-13)22-18(23)12-5-8-16(24-3)17(9-12)25-4/h5-10H,1-4H3,(H,22,23). The van der Waals surface area contributed by atoms with Crippen molar-refractivity contribution >= 4 is 23.2 Å². The molecule has 0 unspecified atom stereocenters. The number of rotatable bonds is 5. The molecule has 0 saturated heterocycles. The van der Waals surface area contributed by atoms with Crippen LogP contribution in [0.4, 0.5) is 5.69 Å². The number of nitriles is 1. The molecule has 5 nitrogen and oxygen atoms in total.